The van der Waals surface area contributed by atoms with E-state index in [2.05, 4.69) is 29.9 Å². The molecular weight excluding hydrogens is 406 g/mol. The van der Waals surface area contributed by atoms with Crippen LogP contribution in [0.5, 0.6) is 0 Å². The molecule has 0 radical (unpaired) electrons. The van der Waals surface area contributed by atoms with Crippen LogP contribution < -0.4 is 5.32 Å². The third-order valence-corrected chi connectivity index (χ3v) is 5.46. The Kier molecular flexibility index (Phi) is 8.56. The number of piperazine rings is 1. The number of rotatable bonds is 5. The third kappa shape index (κ3) is 5.32. The molecule has 0 spiro atoms. The maximum absolute atomic E-state index is 13.5. The molecule has 1 N–H and O–H groups in total. The number of hydrogen-bond donors (Lipinski definition) is 2. The second-order valence-corrected chi connectivity index (χ2v) is 7.36. The molecule has 1 saturated heterocycles. The Morgan fingerprint density at radius 2 is 1.69 bits per heavy atom. The Bertz CT molecular complexity index is 853. The van der Waals surface area contributed by atoms with Gasteiger partial charge >= 0.3 is 0 Å². The fraction of sp³-hybridized carbons (Fsp3) is 0.364. The highest BCUT2D eigenvalue weighted by Gasteiger charge is 2.27. The quantitative estimate of drug-likeness (QED) is 0.702. The van der Waals surface area contributed by atoms with Crippen LogP contribution in [0.4, 0.5) is 5.69 Å². The maximum Gasteiger partial charge on any atom is 0.254 e. The van der Waals surface area contributed by atoms with Crippen molar-refractivity contribution in [3.05, 3.63) is 53.6 Å². The number of hydrogen-bond acceptors (Lipinski definition) is 4. The molecule has 0 atom stereocenters. The number of nitrogens with one attached hydrogen (secondary N) is 1. The van der Waals surface area contributed by atoms with Crippen molar-refractivity contribution >= 4 is 42.5 Å². The Labute approximate surface area is 184 Å². The van der Waals surface area contributed by atoms with Gasteiger partial charge in [-0.3, -0.25) is 9.59 Å². The standard InChI is InChI=1S/C22H27N3O2S.ClH/c1-3-19(26)23-18-10-9-17(15-28)21(20(18)16-7-5-4-6-8-16)22(27)25-13-11-24(2)12-14-25;/h4-10,28H,3,11-15H2,1-2H3,(H,23,26);1H. The molecule has 1 heterocycles. The molecule has 1 fully saturated rings. The van der Waals surface area contributed by atoms with Crippen LogP contribution in [-0.2, 0) is 10.5 Å². The fourth-order valence-electron chi connectivity index (χ4n) is 3.44. The van der Waals surface area contributed by atoms with Crippen molar-refractivity contribution < 1.29 is 9.59 Å². The normalized spacial score (nSPS) is 14.2. The lowest BCUT2D eigenvalue weighted by atomic mass is 9.92. The van der Waals surface area contributed by atoms with Crippen molar-refractivity contribution in [1.29, 1.82) is 0 Å². The van der Waals surface area contributed by atoms with Gasteiger partial charge in [0.05, 0.1) is 5.56 Å². The summed E-state index contributed by atoms with van der Waals surface area (Å²) in [6.45, 7) is 4.92. The summed E-state index contributed by atoms with van der Waals surface area (Å²) in [7, 11) is 2.07. The average Bonchev–Trinajstić information content (AvgIpc) is 2.74. The number of anilines is 1. The van der Waals surface area contributed by atoms with Gasteiger partial charge in [0.1, 0.15) is 0 Å². The minimum Gasteiger partial charge on any atom is -0.336 e. The number of likely N-dealkylation sites (N-methyl/N-ethyl adjacent to an activating group) is 1. The first-order valence-electron chi connectivity index (χ1n) is 9.65. The van der Waals surface area contributed by atoms with E-state index in [0.717, 1.165) is 29.8 Å². The van der Waals surface area contributed by atoms with Gasteiger partial charge in [0.25, 0.3) is 5.91 Å². The SMILES string of the molecule is CCC(=O)Nc1ccc(CS)c(C(=O)N2CCN(C)CC2)c1-c1ccccc1.Cl. The van der Waals surface area contributed by atoms with Gasteiger partial charge in [0, 0.05) is 49.6 Å². The number of halogens is 1. The highest BCUT2D eigenvalue weighted by molar-refractivity contribution is 7.79. The maximum atomic E-state index is 13.5. The molecule has 0 saturated carbocycles. The molecule has 0 unspecified atom stereocenters. The summed E-state index contributed by atoms with van der Waals surface area (Å²) < 4.78 is 0. The molecule has 1 aliphatic heterocycles. The van der Waals surface area contributed by atoms with Gasteiger partial charge in [-0.2, -0.15) is 12.6 Å². The molecule has 0 aliphatic carbocycles. The molecule has 2 aromatic rings. The zero-order valence-corrected chi connectivity index (χ0v) is 18.6. The van der Waals surface area contributed by atoms with Crippen molar-refractivity contribution in [1.82, 2.24) is 9.80 Å². The summed E-state index contributed by atoms with van der Waals surface area (Å²) in [6, 6.07) is 13.5. The number of benzene rings is 2. The Balaban J connectivity index is 0.00000300. The highest BCUT2D eigenvalue weighted by atomic mass is 35.5. The Morgan fingerprint density at radius 1 is 1.03 bits per heavy atom. The number of nitrogens with zero attached hydrogens (tertiary/aromatic N) is 2. The average molecular weight is 434 g/mol. The summed E-state index contributed by atoms with van der Waals surface area (Å²) >= 11 is 4.47. The first-order valence-corrected chi connectivity index (χ1v) is 10.3. The smallest absolute Gasteiger partial charge is 0.254 e. The van der Waals surface area contributed by atoms with Crippen LogP contribution in [0.3, 0.4) is 0 Å². The summed E-state index contributed by atoms with van der Waals surface area (Å²) in [5, 5.41) is 2.97. The molecule has 29 heavy (non-hydrogen) atoms. The topological polar surface area (TPSA) is 52.7 Å². The second-order valence-electron chi connectivity index (χ2n) is 7.04. The van der Waals surface area contributed by atoms with Gasteiger partial charge in [-0.15, -0.1) is 12.4 Å². The molecule has 5 nitrogen and oxygen atoms in total. The lowest BCUT2D eigenvalue weighted by Gasteiger charge is -2.33. The molecule has 2 aromatic carbocycles. The van der Waals surface area contributed by atoms with Gasteiger partial charge in [-0.1, -0.05) is 43.3 Å². The predicted molar refractivity (Wildman–Crippen MR) is 124 cm³/mol. The van der Waals surface area contributed by atoms with Crippen LogP contribution in [0.25, 0.3) is 11.1 Å². The zero-order valence-electron chi connectivity index (χ0n) is 16.9. The number of carbonyl (C=O) groups excluding carboxylic acids is 2. The van der Waals surface area contributed by atoms with Crippen LogP contribution in [0.2, 0.25) is 0 Å². The molecular formula is C22H28ClN3O2S. The van der Waals surface area contributed by atoms with Crippen molar-refractivity contribution in [2.24, 2.45) is 0 Å². The van der Waals surface area contributed by atoms with E-state index in [-0.39, 0.29) is 24.2 Å². The van der Waals surface area contributed by atoms with Crippen molar-refractivity contribution in [3.63, 3.8) is 0 Å². The number of amides is 2. The van der Waals surface area contributed by atoms with Crippen LogP contribution in [0, 0.1) is 0 Å². The third-order valence-electron chi connectivity index (χ3n) is 5.12. The van der Waals surface area contributed by atoms with E-state index in [1.165, 1.54) is 0 Å². The lowest BCUT2D eigenvalue weighted by molar-refractivity contribution is -0.115. The van der Waals surface area contributed by atoms with E-state index in [0.29, 0.717) is 36.5 Å². The van der Waals surface area contributed by atoms with Crippen LogP contribution in [0.1, 0.15) is 29.3 Å². The van der Waals surface area contributed by atoms with Gasteiger partial charge < -0.3 is 15.1 Å². The van der Waals surface area contributed by atoms with E-state index in [1.807, 2.05) is 54.3 Å². The predicted octanol–water partition coefficient (Wildman–Crippen LogP) is 3.94. The van der Waals surface area contributed by atoms with Gasteiger partial charge in [-0.25, -0.2) is 0 Å². The lowest BCUT2D eigenvalue weighted by Crippen LogP contribution is -2.47. The Hall–Kier alpha value is -2.02. The summed E-state index contributed by atoms with van der Waals surface area (Å²) in [4.78, 5) is 29.8. The monoisotopic (exact) mass is 433 g/mol. The van der Waals surface area contributed by atoms with E-state index >= 15 is 0 Å². The highest BCUT2D eigenvalue weighted by Crippen LogP contribution is 2.35. The summed E-state index contributed by atoms with van der Waals surface area (Å²) in [6.07, 6.45) is 0.379. The second kappa shape index (κ2) is 10.7. The molecule has 7 heteroatoms. The first-order chi connectivity index (χ1) is 13.5. The number of thiol groups is 1. The minimum atomic E-state index is -0.0752. The summed E-state index contributed by atoms with van der Waals surface area (Å²) in [5.41, 5.74) is 3.87. The van der Waals surface area contributed by atoms with Crippen LogP contribution in [-0.4, -0.2) is 54.8 Å². The van der Waals surface area contributed by atoms with Gasteiger partial charge in [0.15, 0.2) is 0 Å². The molecule has 0 bridgehead atoms. The molecule has 156 valence electrons. The van der Waals surface area contributed by atoms with E-state index in [1.54, 1.807) is 0 Å². The van der Waals surface area contributed by atoms with Crippen molar-refractivity contribution in [2.75, 3.05) is 38.5 Å². The fourth-order valence-corrected chi connectivity index (χ4v) is 3.70. The zero-order chi connectivity index (χ0) is 20.1. The largest absolute Gasteiger partial charge is 0.336 e. The van der Waals surface area contributed by atoms with Crippen LogP contribution in [0.15, 0.2) is 42.5 Å². The van der Waals surface area contributed by atoms with E-state index in [4.69, 9.17) is 0 Å². The van der Waals surface area contributed by atoms with E-state index in [9.17, 15) is 9.59 Å². The molecule has 0 aromatic heterocycles. The van der Waals surface area contributed by atoms with Crippen molar-refractivity contribution in [2.45, 2.75) is 19.1 Å². The van der Waals surface area contributed by atoms with Crippen molar-refractivity contribution in [3.8, 4) is 11.1 Å². The summed E-state index contributed by atoms with van der Waals surface area (Å²) in [5.74, 6) is 0.383. The molecule has 3 rings (SSSR count). The molecule has 2 amide bonds. The number of carbonyl (C=O) groups is 2. The minimum absolute atomic E-state index is 0. The Morgan fingerprint density at radius 3 is 2.28 bits per heavy atom. The molecule has 1 aliphatic rings. The van der Waals surface area contributed by atoms with Gasteiger partial charge in [0.2, 0.25) is 5.91 Å². The first kappa shape index (κ1) is 23.3. The van der Waals surface area contributed by atoms with Crippen LogP contribution >= 0.6 is 25.0 Å². The van der Waals surface area contributed by atoms with Gasteiger partial charge in [-0.05, 0) is 24.2 Å². The van der Waals surface area contributed by atoms with E-state index < -0.39 is 0 Å².